The predicted octanol–water partition coefficient (Wildman–Crippen LogP) is 4.14. The van der Waals surface area contributed by atoms with Gasteiger partial charge in [-0.15, -0.1) is 0 Å². The highest BCUT2D eigenvalue weighted by Gasteiger charge is 2.18. The number of hydrogen-bond donors (Lipinski definition) is 2. The molecule has 3 rings (SSSR count). The van der Waals surface area contributed by atoms with Crippen LogP contribution in [0.4, 0.5) is 5.69 Å². The van der Waals surface area contributed by atoms with E-state index < -0.39 is 15.9 Å². The normalized spacial score (nSPS) is 11.1. The number of rotatable bonds is 10. The maximum Gasteiger partial charge on any atom is 0.255 e. The third kappa shape index (κ3) is 6.19. The van der Waals surface area contributed by atoms with Crippen molar-refractivity contribution in [2.45, 2.75) is 11.3 Å². The molecule has 0 spiro atoms. The van der Waals surface area contributed by atoms with Crippen LogP contribution in [0.2, 0.25) is 5.02 Å². The Kier molecular flexibility index (Phi) is 8.38. The van der Waals surface area contributed by atoms with Gasteiger partial charge in [0.25, 0.3) is 5.91 Å². The molecule has 0 saturated carbocycles. The van der Waals surface area contributed by atoms with Gasteiger partial charge in [0.1, 0.15) is 5.75 Å². The van der Waals surface area contributed by atoms with Crippen molar-refractivity contribution in [2.75, 3.05) is 33.2 Å². The molecular weight excluding hydrogens is 480 g/mol. The Bertz CT molecular complexity index is 1260. The summed E-state index contributed by atoms with van der Waals surface area (Å²) in [5, 5.41) is 3.19. The Hall–Kier alpha value is -3.27. The summed E-state index contributed by atoms with van der Waals surface area (Å²) in [6.07, 6.45) is 0.440. The minimum absolute atomic E-state index is 0.00739. The van der Waals surface area contributed by atoms with Crippen LogP contribution in [0.25, 0.3) is 0 Å². The summed E-state index contributed by atoms with van der Waals surface area (Å²) in [5.74, 6) is 1.06. The summed E-state index contributed by atoms with van der Waals surface area (Å²) in [6, 6.07) is 16.0. The SMILES string of the molecule is COc1ccc(S(=O)(=O)NCCc2ccc(OC)c(OC)c2)cc1NC(=O)c1ccc(Cl)cc1. The van der Waals surface area contributed by atoms with Crippen LogP contribution in [0.15, 0.2) is 65.6 Å². The molecule has 1 amide bonds. The summed E-state index contributed by atoms with van der Waals surface area (Å²) in [6.45, 7) is 0.163. The Morgan fingerprint density at radius 3 is 2.15 bits per heavy atom. The summed E-state index contributed by atoms with van der Waals surface area (Å²) in [5.41, 5.74) is 1.48. The minimum atomic E-state index is -3.84. The first-order chi connectivity index (χ1) is 16.3. The number of carbonyl (C=O) groups excluding carboxylic acids is 1. The van der Waals surface area contributed by atoms with E-state index in [0.717, 1.165) is 5.56 Å². The molecule has 34 heavy (non-hydrogen) atoms. The molecule has 0 atom stereocenters. The second-order valence-electron chi connectivity index (χ2n) is 7.16. The molecule has 180 valence electrons. The van der Waals surface area contributed by atoms with Gasteiger partial charge < -0.3 is 19.5 Å². The molecule has 0 aliphatic rings. The number of sulfonamides is 1. The van der Waals surface area contributed by atoms with Crippen molar-refractivity contribution < 1.29 is 27.4 Å². The number of methoxy groups -OCH3 is 3. The third-order valence-corrected chi connectivity index (χ3v) is 6.70. The fourth-order valence-electron chi connectivity index (χ4n) is 3.20. The van der Waals surface area contributed by atoms with E-state index in [1.54, 1.807) is 43.5 Å². The average Bonchev–Trinajstić information content (AvgIpc) is 2.84. The lowest BCUT2D eigenvalue weighted by atomic mass is 10.1. The van der Waals surface area contributed by atoms with Gasteiger partial charge in [-0.2, -0.15) is 0 Å². The van der Waals surface area contributed by atoms with Gasteiger partial charge in [-0.25, -0.2) is 13.1 Å². The molecule has 8 nitrogen and oxygen atoms in total. The number of ether oxygens (including phenoxy) is 3. The Morgan fingerprint density at radius 1 is 0.853 bits per heavy atom. The van der Waals surface area contributed by atoms with Gasteiger partial charge in [0, 0.05) is 17.1 Å². The van der Waals surface area contributed by atoms with E-state index in [2.05, 4.69) is 10.0 Å². The maximum atomic E-state index is 12.9. The van der Waals surface area contributed by atoms with E-state index >= 15 is 0 Å². The van der Waals surface area contributed by atoms with Crippen molar-refractivity contribution in [2.24, 2.45) is 0 Å². The molecule has 0 aliphatic heterocycles. The zero-order chi connectivity index (χ0) is 24.7. The molecule has 0 heterocycles. The highest BCUT2D eigenvalue weighted by atomic mass is 35.5. The maximum absolute atomic E-state index is 12.9. The van der Waals surface area contributed by atoms with Gasteiger partial charge in [-0.05, 0) is 66.6 Å². The number of anilines is 1. The monoisotopic (exact) mass is 504 g/mol. The zero-order valence-electron chi connectivity index (χ0n) is 18.9. The zero-order valence-corrected chi connectivity index (χ0v) is 20.5. The van der Waals surface area contributed by atoms with Crippen molar-refractivity contribution in [3.63, 3.8) is 0 Å². The molecule has 2 N–H and O–H groups in total. The van der Waals surface area contributed by atoms with Gasteiger partial charge in [-0.1, -0.05) is 17.7 Å². The lowest BCUT2D eigenvalue weighted by Gasteiger charge is -2.13. The molecule has 0 radical (unpaired) electrons. The summed E-state index contributed by atoms with van der Waals surface area (Å²) >= 11 is 5.87. The van der Waals surface area contributed by atoms with Crippen LogP contribution < -0.4 is 24.2 Å². The molecule has 3 aromatic rings. The lowest BCUT2D eigenvalue weighted by molar-refractivity contribution is 0.102. The highest BCUT2D eigenvalue weighted by molar-refractivity contribution is 7.89. The second kappa shape index (κ2) is 11.2. The van der Waals surface area contributed by atoms with E-state index in [0.29, 0.717) is 34.3 Å². The standard InChI is InChI=1S/C24H25ClN2O6S/c1-31-21-11-9-19(15-20(21)27-24(28)17-5-7-18(25)8-6-17)34(29,30)26-13-12-16-4-10-22(32-2)23(14-16)33-3/h4-11,14-15,26H,12-13H2,1-3H3,(H,27,28). The number of hydrogen-bond acceptors (Lipinski definition) is 6. The first-order valence-electron chi connectivity index (χ1n) is 10.2. The molecule has 0 unspecified atom stereocenters. The molecule has 0 bridgehead atoms. The summed E-state index contributed by atoms with van der Waals surface area (Å²) < 4.78 is 44.1. The predicted molar refractivity (Wildman–Crippen MR) is 131 cm³/mol. The van der Waals surface area contributed by atoms with Crippen molar-refractivity contribution in [3.8, 4) is 17.2 Å². The molecule has 0 aromatic heterocycles. The summed E-state index contributed by atoms with van der Waals surface area (Å²) in [4.78, 5) is 12.6. The number of carbonyl (C=O) groups is 1. The minimum Gasteiger partial charge on any atom is -0.495 e. The Balaban J connectivity index is 1.72. The first kappa shape index (κ1) is 25.4. The van der Waals surface area contributed by atoms with E-state index in [1.807, 2.05) is 6.07 Å². The number of nitrogens with one attached hydrogen (secondary N) is 2. The quantitative estimate of drug-likeness (QED) is 0.430. The highest BCUT2D eigenvalue weighted by Crippen LogP contribution is 2.29. The molecule has 0 aliphatic carbocycles. The van der Waals surface area contributed by atoms with Gasteiger partial charge in [-0.3, -0.25) is 4.79 Å². The van der Waals surface area contributed by atoms with Crippen molar-refractivity contribution in [3.05, 3.63) is 76.8 Å². The molecule has 3 aromatic carbocycles. The first-order valence-corrected chi connectivity index (χ1v) is 12.1. The van der Waals surface area contributed by atoms with Crippen LogP contribution in [0.5, 0.6) is 17.2 Å². The van der Waals surface area contributed by atoms with Crippen molar-refractivity contribution in [1.29, 1.82) is 0 Å². The largest absolute Gasteiger partial charge is 0.495 e. The van der Waals surface area contributed by atoms with Crippen molar-refractivity contribution >= 4 is 33.2 Å². The Morgan fingerprint density at radius 2 is 1.50 bits per heavy atom. The Labute approximate surface area is 203 Å². The van der Waals surface area contributed by atoms with Gasteiger partial charge >= 0.3 is 0 Å². The van der Waals surface area contributed by atoms with Crippen molar-refractivity contribution in [1.82, 2.24) is 4.72 Å². The topological polar surface area (TPSA) is 103 Å². The van der Waals surface area contributed by atoms with Gasteiger partial charge in [0.15, 0.2) is 11.5 Å². The van der Waals surface area contributed by atoms with E-state index in [9.17, 15) is 13.2 Å². The van der Waals surface area contributed by atoms with Crippen LogP contribution in [0, 0.1) is 0 Å². The van der Waals surface area contributed by atoms with Crippen LogP contribution in [0.3, 0.4) is 0 Å². The third-order valence-electron chi connectivity index (χ3n) is 4.99. The number of halogens is 1. The van der Waals surface area contributed by atoms with Gasteiger partial charge in [0.05, 0.1) is 31.9 Å². The van der Waals surface area contributed by atoms with Gasteiger partial charge in [0.2, 0.25) is 10.0 Å². The fraction of sp³-hybridized carbons (Fsp3) is 0.208. The number of amides is 1. The van der Waals surface area contributed by atoms with Crippen LogP contribution >= 0.6 is 11.6 Å². The fourth-order valence-corrected chi connectivity index (χ4v) is 4.38. The molecule has 0 saturated heterocycles. The summed E-state index contributed by atoms with van der Waals surface area (Å²) in [7, 11) is 0.678. The van der Waals surface area contributed by atoms with Crippen LogP contribution in [-0.4, -0.2) is 42.2 Å². The number of benzene rings is 3. The smallest absolute Gasteiger partial charge is 0.255 e. The van der Waals surface area contributed by atoms with Crippen LogP contribution in [-0.2, 0) is 16.4 Å². The molecule has 10 heteroatoms. The van der Waals surface area contributed by atoms with E-state index in [-0.39, 0.29) is 17.1 Å². The molecule has 0 fully saturated rings. The molecular formula is C24H25ClN2O6S. The van der Waals surface area contributed by atoms with E-state index in [1.165, 1.54) is 32.4 Å². The average molecular weight is 505 g/mol. The van der Waals surface area contributed by atoms with Crippen LogP contribution in [0.1, 0.15) is 15.9 Å². The second-order valence-corrected chi connectivity index (χ2v) is 9.36. The lowest BCUT2D eigenvalue weighted by Crippen LogP contribution is -2.26. The van der Waals surface area contributed by atoms with E-state index in [4.69, 9.17) is 25.8 Å².